The van der Waals surface area contributed by atoms with E-state index >= 15 is 0 Å². The van der Waals surface area contributed by atoms with Crippen LogP contribution in [0.5, 0.6) is 5.75 Å². The van der Waals surface area contributed by atoms with Crippen molar-refractivity contribution in [3.63, 3.8) is 0 Å². The van der Waals surface area contributed by atoms with Gasteiger partial charge in [-0.25, -0.2) is 8.42 Å². The average molecular weight is 474 g/mol. The second kappa shape index (κ2) is 9.38. The van der Waals surface area contributed by atoms with Gasteiger partial charge in [-0.15, -0.1) is 0 Å². The SMILES string of the molecule is CCOc1ccccc1C(=O)N(Cc1ccc(-c2cccc(Cl)c2)o1)[C@@H]1CCS(=O)(=O)C1. The van der Waals surface area contributed by atoms with Crippen molar-refractivity contribution in [3.8, 4) is 17.1 Å². The third kappa shape index (κ3) is 5.00. The molecule has 0 N–H and O–H groups in total. The first-order valence-electron chi connectivity index (χ1n) is 10.4. The summed E-state index contributed by atoms with van der Waals surface area (Å²) in [6, 6.07) is 17.5. The maximum Gasteiger partial charge on any atom is 0.258 e. The van der Waals surface area contributed by atoms with Gasteiger partial charge in [-0.1, -0.05) is 35.9 Å². The van der Waals surface area contributed by atoms with E-state index in [4.69, 9.17) is 20.8 Å². The molecular weight excluding hydrogens is 450 g/mol. The second-order valence-corrected chi connectivity index (χ2v) is 10.4. The van der Waals surface area contributed by atoms with Crippen molar-refractivity contribution < 1.29 is 22.4 Å². The van der Waals surface area contributed by atoms with Crippen LogP contribution in [-0.4, -0.2) is 43.4 Å². The van der Waals surface area contributed by atoms with Crippen LogP contribution in [-0.2, 0) is 16.4 Å². The Kier molecular flexibility index (Phi) is 6.58. The lowest BCUT2D eigenvalue weighted by Gasteiger charge is -2.28. The minimum atomic E-state index is -3.18. The molecule has 0 radical (unpaired) electrons. The van der Waals surface area contributed by atoms with Crippen LogP contribution in [0.25, 0.3) is 11.3 Å². The Hall–Kier alpha value is -2.77. The number of furan rings is 1. The van der Waals surface area contributed by atoms with Crippen LogP contribution < -0.4 is 4.74 Å². The molecular formula is C24H24ClNO5S. The van der Waals surface area contributed by atoms with Crippen molar-refractivity contribution in [2.45, 2.75) is 25.9 Å². The van der Waals surface area contributed by atoms with E-state index in [1.165, 1.54) is 0 Å². The Bertz CT molecular complexity index is 1220. The highest BCUT2D eigenvalue weighted by molar-refractivity contribution is 7.91. The minimum absolute atomic E-state index is 0.0581. The van der Waals surface area contributed by atoms with Gasteiger partial charge in [-0.3, -0.25) is 4.79 Å². The van der Waals surface area contributed by atoms with Gasteiger partial charge in [0, 0.05) is 16.6 Å². The van der Waals surface area contributed by atoms with E-state index < -0.39 is 15.9 Å². The molecule has 1 aliphatic rings. The Morgan fingerprint density at radius 2 is 1.97 bits per heavy atom. The van der Waals surface area contributed by atoms with Crippen molar-refractivity contribution in [2.75, 3.05) is 18.1 Å². The topological polar surface area (TPSA) is 76.8 Å². The molecule has 4 rings (SSSR count). The van der Waals surface area contributed by atoms with E-state index in [1.54, 1.807) is 47.4 Å². The van der Waals surface area contributed by atoms with Gasteiger partial charge in [0.2, 0.25) is 0 Å². The molecule has 8 heteroatoms. The summed E-state index contributed by atoms with van der Waals surface area (Å²) < 4.78 is 35.9. The van der Waals surface area contributed by atoms with E-state index in [2.05, 4.69) is 0 Å². The van der Waals surface area contributed by atoms with Crippen LogP contribution in [0, 0.1) is 0 Å². The second-order valence-electron chi connectivity index (χ2n) is 7.70. The normalized spacial score (nSPS) is 17.2. The highest BCUT2D eigenvalue weighted by Crippen LogP contribution is 2.29. The summed E-state index contributed by atoms with van der Waals surface area (Å²) in [5, 5.41) is 0.598. The number of halogens is 1. The van der Waals surface area contributed by atoms with Gasteiger partial charge >= 0.3 is 0 Å². The number of nitrogens with zero attached hydrogens (tertiary/aromatic N) is 1. The van der Waals surface area contributed by atoms with Crippen LogP contribution in [0.15, 0.2) is 65.1 Å². The van der Waals surface area contributed by atoms with E-state index in [-0.39, 0.29) is 24.0 Å². The van der Waals surface area contributed by atoms with Crippen LogP contribution in [0.1, 0.15) is 29.5 Å². The highest BCUT2D eigenvalue weighted by Gasteiger charge is 2.36. The molecule has 168 valence electrons. The molecule has 1 fully saturated rings. The van der Waals surface area contributed by atoms with E-state index in [0.717, 1.165) is 5.56 Å². The predicted molar refractivity (Wildman–Crippen MR) is 124 cm³/mol. The van der Waals surface area contributed by atoms with Crippen LogP contribution in [0.2, 0.25) is 5.02 Å². The summed E-state index contributed by atoms with van der Waals surface area (Å²) in [6.07, 6.45) is 0.396. The molecule has 0 unspecified atom stereocenters. The van der Waals surface area contributed by atoms with Gasteiger partial charge in [0.1, 0.15) is 17.3 Å². The first-order chi connectivity index (χ1) is 15.4. The first-order valence-corrected chi connectivity index (χ1v) is 12.6. The van der Waals surface area contributed by atoms with Crippen LogP contribution in [0.4, 0.5) is 0 Å². The zero-order valence-electron chi connectivity index (χ0n) is 17.7. The number of benzene rings is 2. The molecule has 0 saturated carbocycles. The molecule has 1 atom stereocenters. The van der Waals surface area contributed by atoms with Gasteiger partial charge in [0.15, 0.2) is 9.84 Å². The molecule has 2 heterocycles. The van der Waals surface area contributed by atoms with Gasteiger partial charge in [-0.05, 0) is 49.7 Å². The smallest absolute Gasteiger partial charge is 0.258 e. The largest absolute Gasteiger partial charge is 0.493 e. The van der Waals surface area contributed by atoms with Gasteiger partial charge in [0.05, 0.1) is 30.2 Å². The summed E-state index contributed by atoms with van der Waals surface area (Å²) in [5.74, 6) is 1.40. The van der Waals surface area contributed by atoms with Gasteiger partial charge < -0.3 is 14.1 Å². The van der Waals surface area contributed by atoms with Crippen molar-refractivity contribution in [3.05, 3.63) is 77.0 Å². The molecule has 0 bridgehead atoms. The molecule has 6 nitrogen and oxygen atoms in total. The van der Waals surface area contributed by atoms with E-state index in [0.29, 0.717) is 40.9 Å². The molecule has 0 aliphatic carbocycles. The lowest BCUT2D eigenvalue weighted by Crippen LogP contribution is -2.40. The van der Waals surface area contributed by atoms with Crippen molar-refractivity contribution in [1.82, 2.24) is 4.90 Å². The monoisotopic (exact) mass is 473 g/mol. The zero-order chi connectivity index (χ0) is 22.7. The maximum atomic E-state index is 13.6. The van der Waals surface area contributed by atoms with Gasteiger partial charge in [-0.2, -0.15) is 0 Å². The van der Waals surface area contributed by atoms with Crippen molar-refractivity contribution in [1.29, 1.82) is 0 Å². The Labute approximate surface area is 192 Å². The van der Waals surface area contributed by atoms with Crippen molar-refractivity contribution >= 4 is 27.3 Å². The number of carbonyl (C=O) groups is 1. The zero-order valence-corrected chi connectivity index (χ0v) is 19.2. The Morgan fingerprint density at radius 3 is 2.69 bits per heavy atom. The van der Waals surface area contributed by atoms with Crippen LogP contribution in [0.3, 0.4) is 0 Å². The number of amides is 1. The Morgan fingerprint density at radius 1 is 1.16 bits per heavy atom. The molecule has 1 saturated heterocycles. The number of hydrogen-bond donors (Lipinski definition) is 0. The average Bonchev–Trinajstić information content (AvgIpc) is 3.38. The summed E-state index contributed by atoms with van der Waals surface area (Å²) in [7, 11) is -3.18. The first kappa shape index (κ1) is 22.4. The maximum absolute atomic E-state index is 13.6. The lowest BCUT2D eigenvalue weighted by molar-refractivity contribution is 0.0662. The number of para-hydroxylation sites is 1. The summed E-state index contributed by atoms with van der Waals surface area (Å²) >= 11 is 6.09. The third-order valence-electron chi connectivity index (χ3n) is 5.42. The molecule has 1 amide bonds. The number of ether oxygens (including phenoxy) is 1. The molecule has 2 aromatic carbocycles. The highest BCUT2D eigenvalue weighted by atomic mass is 35.5. The molecule has 32 heavy (non-hydrogen) atoms. The standard InChI is InChI=1S/C24H24ClNO5S/c1-2-30-23-9-4-3-8-21(23)24(27)26(19-12-13-32(28,29)16-19)15-20-10-11-22(31-20)17-6-5-7-18(25)14-17/h3-11,14,19H,2,12-13,15-16H2,1H3/t19-/m1/s1. The predicted octanol–water partition coefficient (Wildman–Crippen LogP) is 4.83. The third-order valence-corrected chi connectivity index (χ3v) is 7.41. The molecule has 1 aliphatic heterocycles. The fraction of sp³-hybridized carbons (Fsp3) is 0.292. The van der Waals surface area contributed by atoms with E-state index in [1.807, 2.05) is 25.1 Å². The fourth-order valence-electron chi connectivity index (χ4n) is 3.90. The molecule has 0 spiro atoms. The summed E-state index contributed by atoms with van der Waals surface area (Å²) in [4.78, 5) is 15.1. The Balaban J connectivity index is 1.65. The summed E-state index contributed by atoms with van der Waals surface area (Å²) in [6.45, 7) is 2.42. The van der Waals surface area contributed by atoms with E-state index in [9.17, 15) is 13.2 Å². The fourth-order valence-corrected chi connectivity index (χ4v) is 5.82. The number of carbonyl (C=O) groups excluding carboxylic acids is 1. The lowest BCUT2D eigenvalue weighted by atomic mass is 10.1. The van der Waals surface area contributed by atoms with Crippen molar-refractivity contribution in [2.24, 2.45) is 0 Å². The number of sulfone groups is 1. The number of hydrogen-bond acceptors (Lipinski definition) is 5. The summed E-state index contributed by atoms with van der Waals surface area (Å²) in [5.41, 5.74) is 1.23. The minimum Gasteiger partial charge on any atom is -0.493 e. The van der Waals surface area contributed by atoms with Gasteiger partial charge in [0.25, 0.3) is 5.91 Å². The molecule has 1 aromatic heterocycles. The number of rotatable bonds is 7. The quantitative estimate of drug-likeness (QED) is 0.491. The molecule has 3 aromatic rings. The van der Waals surface area contributed by atoms with Crippen LogP contribution >= 0.6 is 11.6 Å².